The average Bonchev–Trinajstić information content (AvgIpc) is 2.81. The van der Waals surface area contributed by atoms with E-state index < -0.39 is 0 Å². The second-order valence-corrected chi connectivity index (χ2v) is 6.69. The second kappa shape index (κ2) is 16.4. The highest BCUT2D eigenvalue weighted by molar-refractivity contribution is 5.85. The second-order valence-electron chi connectivity index (χ2n) is 6.69. The summed E-state index contributed by atoms with van der Waals surface area (Å²) in [6.45, 7) is 3.06. The van der Waals surface area contributed by atoms with Gasteiger partial charge >= 0.3 is 0 Å². The summed E-state index contributed by atoms with van der Waals surface area (Å²) in [5, 5.41) is 6.88. The van der Waals surface area contributed by atoms with Gasteiger partial charge in [0.15, 0.2) is 23.0 Å². The molecule has 0 radical (unpaired) electrons. The quantitative estimate of drug-likeness (QED) is 0.374. The standard InChI is InChI=1S/C23H34N2O6.2ClH/c1-26-18-10-8-16(20(28-3)22(18)30-5)14-24-12-7-13-25-15-17-9-11-19(27-2)23(31-6)21(17)29-4;;/h8-11,24-25H,7,12-15H2,1-6H3;2*1H. The molecule has 8 nitrogen and oxygen atoms in total. The SMILES string of the molecule is COc1ccc(CNCCCNCc2ccc(OC)c(OC)c2OC)c(OC)c1OC.Cl.Cl. The lowest BCUT2D eigenvalue weighted by Gasteiger charge is -2.16. The van der Waals surface area contributed by atoms with Gasteiger partial charge in [-0.1, -0.05) is 12.1 Å². The van der Waals surface area contributed by atoms with E-state index in [9.17, 15) is 0 Å². The molecule has 0 aromatic heterocycles. The highest BCUT2D eigenvalue weighted by Crippen LogP contribution is 2.40. The Morgan fingerprint density at radius 2 is 0.879 bits per heavy atom. The Labute approximate surface area is 209 Å². The Morgan fingerprint density at radius 1 is 0.515 bits per heavy atom. The van der Waals surface area contributed by atoms with Crippen molar-refractivity contribution < 1.29 is 28.4 Å². The van der Waals surface area contributed by atoms with Crippen molar-refractivity contribution in [3.05, 3.63) is 35.4 Å². The molecule has 0 aliphatic rings. The van der Waals surface area contributed by atoms with Crippen molar-refractivity contribution in [1.29, 1.82) is 0 Å². The van der Waals surface area contributed by atoms with Gasteiger partial charge in [0, 0.05) is 24.2 Å². The highest BCUT2D eigenvalue weighted by Gasteiger charge is 2.16. The van der Waals surface area contributed by atoms with Crippen LogP contribution in [0.4, 0.5) is 0 Å². The third-order valence-electron chi connectivity index (χ3n) is 4.91. The lowest BCUT2D eigenvalue weighted by molar-refractivity contribution is 0.321. The van der Waals surface area contributed by atoms with Crippen molar-refractivity contribution in [2.75, 3.05) is 55.7 Å². The van der Waals surface area contributed by atoms with E-state index in [0.29, 0.717) is 47.6 Å². The topological polar surface area (TPSA) is 79.4 Å². The molecule has 0 fully saturated rings. The first-order valence-corrected chi connectivity index (χ1v) is 10.1. The van der Waals surface area contributed by atoms with Crippen LogP contribution in [0.1, 0.15) is 17.5 Å². The van der Waals surface area contributed by atoms with Gasteiger partial charge in [0.25, 0.3) is 0 Å². The fourth-order valence-electron chi connectivity index (χ4n) is 3.39. The first-order chi connectivity index (χ1) is 15.1. The van der Waals surface area contributed by atoms with Crippen LogP contribution in [0.25, 0.3) is 0 Å². The summed E-state index contributed by atoms with van der Waals surface area (Å²) in [4.78, 5) is 0. The normalized spacial score (nSPS) is 9.88. The zero-order valence-corrected chi connectivity index (χ0v) is 21.7. The fourth-order valence-corrected chi connectivity index (χ4v) is 3.39. The molecular formula is C23H36Cl2N2O6. The van der Waals surface area contributed by atoms with Crippen molar-refractivity contribution >= 4 is 24.8 Å². The number of nitrogens with one attached hydrogen (secondary N) is 2. The van der Waals surface area contributed by atoms with Gasteiger partial charge in [-0.3, -0.25) is 0 Å². The molecule has 2 aromatic rings. The molecule has 2 aromatic carbocycles. The summed E-state index contributed by atoms with van der Waals surface area (Å²) in [7, 11) is 9.70. The van der Waals surface area contributed by atoms with E-state index in [0.717, 1.165) is 30.6 Å². The molecule has 10 heteroatoms. The van der Waals surface area contributed by atoms with Crippen molar-refractivity contribution in [1.82, 2.24) is 10.6 Å². The monoisotopic (exact) mass is 506 g/mol. The minimum absolute atomic E-state index is 0. The van der Waals surface area contributed by atoms with Crippen molar-refractivity contribution in [3.63, 3.8) is 0 Å². The number of methoxy groups -OCH3 is 6. The molecule has 0 saturated carbocycles. The van der Waals surface area contributed by atoms with Gasteiger partial charge in [-0.2, -0.15) is 0 Å². The van der Waals surface area contributed by atoms with Gasteiger partial charge in [0.2, 0.25) is 11.5 Å². The number of hydrogen-bond donors (Lipinski definition) is 2. The molecule has 33 heavy (non-hydrogen) atoms. The Kier molecular flexibility index (Phi) is 15.2. The van der Waals surface area contributed by atoms with Crippen LogP contribution in [0.2, 0.25) is 0 Å². The summed E-state index contributed by atoms with van der Waals surface area (Å²) in [5.74, 6) is 3.89. The summed E-state index contributed by atoms with van der Waals surface area (Å²) < 4.78 is 32.6. The zero-order chi connectivity index (χ0) is 22.6. The number of rotatable bonds is 14. The molecular weight excluding hydrogens is 471 g/mol. The third kappa shape index (κ3) is 7.92. The lowest BCUT2D eigenvalue weighted by atomic mass is 10.1. The summed E-state index contributed by atoms with van der Waals surface area (Å²) in [6.07, 6.45) is 0.964. The minimum atomic E-state index is 0. The van der Waals surface area contributed by atoms with Crippen LogP contribution in [0.15, 0.2) is 24.3 Å². The van der Waals surface area contributed by atoms with Crippen LogP contribution >= 0.6 is 24.8 Å². The number of hydrogen-bond acceptors (Lipinski definition) is 8. The lowest BCUT2D eigenvalue weighted by Crippen LogP contribution is -2.22. The van der Waals surface area contributed by atoms with Crippen LogP contribution < -0.4 is 39.1 Å². The third-order valence-corrected chi connectivity index (χ3v) is 4.91. The Morgan fingerprint density at radius 3 is 1.18 bits per heavy atom. The summed E-state index contributed by atoms with van der Waals surface area (Å²) in [6, 6.07) is 7.73. The maximum atomic E-state index is 5.52. The van der Waals surface area contributed by atoms with Crippen LogP contribution in [-0.2, 0) is 13.1 Å². The summed E-state index contributed by atoms with van der Waals surface area (Å²) >= 11 is 0. The first kappa shape index (κ1) is 30.7. The molecule has 0 unspecified atom stereocenters. The molecule has 0 saturated heterocycles. The van der Waals surface area contributed by atoms with E-state index in [2.05, 4.69) is 10.6 Å². The van der Waals surface area contributed by atoms with Gasteiger partial charge in [0.05, 0.1) is 42.7 Å². The largest absolute Gasteiger partial charge is 0.493 e. The van der Waals surface area contributed by atoms with Gasteiger partial charge in [0.1, 0.15) is 0 Å². The molecule has 0 atom stereocenters. The van der Waals surface area contributed by atoms with Crippen LogP contribution in [0.5, 0.6) is 34.5 Å². The molecule has 0 bridgehead atoms. The molecule has 0 aliphatic heterocycles. The Hall–Kier alpha value is -2.26. The predicted molar refractivity (Wildman–Crippen MR) is 135 cm³/mol. The van der Waals surface area contributed by atoms with E-state index in [1.807, 2.05) is 24.3 Å². The molecule has 0 aliphatic carbocycles. The molecule has 0 amide bonds. The fraction of sp³-hybridized carbons (Fsp3) is 0.478. The van der Waals surface area contributed by atoms with Gasteiger partial charge in [-0.05, 0) is 31.6 Å². The van der Waals surface area contributed by atoms with Gasteiger partial charge < -0.3 is 39.1 Å². The van der Waals surface area contributed by atoms with Crippen LogP contribution in [0, 0.1) is 0 Å². The number of benzene rings is 2. The average molecular weight is 507 g/mol. The Balaban J connectivity index is 0.00000512. The molecule has 2 rings (SSSR count). The maximum absolute atomic E-state index is 5.52. The smallest absolute Gasteiger partial charge is 0.203 e. The molecule has 0 spiro atoms. The number of ether oxygens (including phenoxy) is 6. The van der Waals surface area contributed by atoms with E-state index in [4.69, 9.17) is 28.4 Å². The number of halogens is 2. The minimum Gasteiger partial charge on any atom is -0.493 e. The molecule has 0 heterocycles. The summed E-state index contributed by atoms with van der Waals surface area (Å²) in [5.41, 5.74) is 2.03. The zero-order valence-electron chi connectivity index (χ0n) is 20.1. The Bertz CT molecular complexity index is 772. The first-order valence-electron chi connectivity index (χ1n) is 10.1. The van der Waals surface area contributed by atoms with E-state index in [-0.39, 0.29) is 24.8 Å². The van der Waals surface area contributed by atoms with E-state index >= 15 is 0 Å². The van der Waals surface area contributed by atoms with E-state index in [1.165, 1.54) is 0 Å². The van der Waals surface area contributed by atoms with E-state index in [1.54, 1.807) is 42.7 Å². The van der Waals surface area contributed by atoms with Gasteiger partial charge in [-0.15, -0.1) is 24.8 Å². The predicted octanol–water partition coefficient (Wildman–Crippen LogP) is 3.85. The highest BCUT2D eigenvalue weighted by atomic mass is 35.5. The van der Waals surface area contributed by atoms with Crippen molar-refractivity contribution in [2.24, 2.45) is 0 Å². The van der Waals surface area contributed by atoms with Crippen LogP contribution in [-0.4, -0.2) is 55.7 Å². The van der Waals surface area contributed by atoms with Crippen molar-refractivity contribution in [3.8, 4) is 34.5 Å². The maximum Gasteiger partial charge on any atom is 0.203 e. The van der Waals surface area contributed by atoms with Crippen LogP contribution in [0.3, 0.4) is 0 Å². The van der Waals surface area contributed by atoms with Crippen molar-refractivity contribution in [2.45, 2.75) is 19.5 Å². The molecule has 2 N–H and O–H groups in total. The van der Waals surface area contributed by atoms with Gasteiger partial charge in [-0.25, -0.2) is 0 Å². The molecule has 188 valence electrons.